The molecule has 0 saturated carbocycles. The van der Waals surface area contributed by atoms with Crippen molar-refractivity contribution < 1.29 is 34.4 Å². The number of hydrogen-bond acceptors (Lipinski definition) is 6. The zero-order valence-corrected chi connectivity index (χ0v) is 23.1. The van der Waals surface area contributed by atoms with Gasteiger partial charge in [0, 0.05) is 35.7 Å². The van der Waals surface area contributed by atoms with Crippen LogP contribution in [-0.4, -0.2) is 56.8 Å². The Labute approximate surface area is 225 Å². The topological polar surface area (TPSA) is 124 Å². The van der Waals surface area contributed by atoms with Gasteiger partial charge in [0.05, 0.1) is 12.5 Å². The molecule has 3 N–H and O–H groups in total. The first kappa shape index (κ1) is 32.5. The van der Waals surface area contributed by atoms with Crippen LogP contribution in [0, 0.1) is 5.92 Å². The molecule has 0 spiro atoms. The molecule has 0 aliphatic carbocycles. The summed E-state index contributed by atoms with van der Waals surface area (Å²) in [6.45, 7) is 13.4. The molecule has 208 valence electrons. The lowest BCUT2D eigenvalue weighted by molar-refractivity contribution is -0.138. The van der Waals surface area contributed by atoms with Crippen LogP contribution in [0.15, 0.2) is 60.7 Å². The molecule has 8 heteroatoms. The van der Waals surface area contributed by atoms with E-state index < -0.39 is 11.9 Å². The second-order valence-electron chi connectivity index (χ2n) is 9.79. The van der Waals surface area contributed by atoms with Gasteiger partial charge in [-0.3, -0.25) is 9.69 Å². The van der Waals surface area contributed by atoms with Crippen molar-refractivity contribution in [1.82, 2.24) is 4.90 Å². The smallest absolute Gasteiger partial charge is 0.328 e. The Balaban J connectivity index is 0.000000781. The molecule has 0 radical (unpaired) electrons. The summed E-state index contributed by atoms with van der Waals surface area (Å²) in [5.74, 6) is -2.32. The van der Waals surface area contributed by atoms with Crippen LogP contribution in [0.25, 0.3) is 0 Å². The van der Waals surface area contributed by atoms with E-state index in [0.29, 0.717) is 30.0 Å². The first-order valence-electron chi connectivity index (χ1n) is 12.8. The second kappa shape index (κ2) is 16.4. The lowest BCUT2D eigenvalue weighted by Crippen LogP contribution is -2.38. The van der Waals surface area contributed by atoms with Crippen molar-refractivity contribution in [3.63, 3.8) is 0 Å². The van der Waals surface area contributed by atoms with Gasteiger partial charge in [0.1, 0.15) is 5.75 Å². The van der Waals surface area contributed by atoms with E-state index in [1.165, 1.54) is 5.56 Å². The van der Waals surface area contributed by atoms with Gasteiger partial charge in [-0.25, -0.2) is 9.59 Å². The van der Waals surface area contributed by atoms with E-state index >= 15 is 0 Å². The average molecular weight is 528 g/mol. The summed E-state index contributed by atoms with van der Waals surface area (Å²) in [5.41, 5.74) is 2.95. The fourth-order valence-corrected chi connectivity index (χ4v) is 4.01. The number of carboxylic acid groups (broad SMARTS) is 2. The molecule has 0 bridgehead atoms. The number of carbonyl (C=O) groups is 3. The van der Waals surface area contributed by atoms with Gasteiger partial charge >= 0.3 is 17.9 Å². The second-order valence-corrected chi connectivity index (χ2v) is 9.79. The Kier molecular flexibility index (Phi) is 14.0. The predicted octanol–water partition coefficient (Wildman–Crippen LogP) is 5.09. The summed E-state index contributed by atoms with van der Waals surface area (Å²) in [4.78, 5) is 33.9. The Morgan fingerprint density at radius 1 is 0.868 bits per heavy atom. The predicted molar refractivity (Wildman–Crippen MR) is 147 cm³/mol. The first-order valence-corrected chi connectivity index (χ1v) is 12.8. The standard InChI is InChI=1S/C26H37NO3.C4H4O4/c1-18(2)26(29)30-25-13-12-21(17-28)16-24(25)23(22-10-8-7-9-11-22)14-15-27(19(3)4)20(5)6;5-3(6)1-2-4(7)8/h7-13,16,18-20,23,28H,14-15,17H2,1-6H3;1-2H,(H,5,6)(H,7,8)/b;2-1-. The molecular formula is C30H41NO7. The van der Waals surface area contributed by atoms with E-state index in [0.717, 1.165) is 24.1 Å². The van der Waals surface area contributed by atoms with E-state index in [1.54, 1.807) is 0 Å². The van der Waals surface area contributed by atoms with Crippen molar-refractivity contribution in [2.75, 3.05) is 6.54 Å². The minimum atomic E-state index is -1.26. The molecule has 0 heterocycles. The lowest BCUT2D eigenvalue weighted by atomic mass is 9.86. The number of aliphatic hydroxyl groups is 1. The van der Waals surface area contributed by atoms with Crippen molar-refractivity contribution in [2.45, 2.75) is 72.6 Å². The van der Waals surface area contributed by atoms with Gasteiger partial charge in [-0.15, -0.1) is 0 Å². The summed E-state index contributed by atoms with van der Waals surface area (Å²) >= 11 is 0. The van der Waals surface area contributed by atoms with E-state index in [-0.39, 0.29) is 24.4 Å². The fraction of sp³-hybridized carbons (Fsp3) is 0.433. The molecular weight excluding hydrogens is 486 g/mol. The van der Waals surface area contributed by atoms with Crippen LogP contribution in [0.4, 0.5) is 0 Å². The highest BCUT2D eigenvalue weighted by Crippen LogP contribution is 2.36. The van der Waals surface area contributed by atoms with Crippen LogP contribution in [0.3, 0.4) is 0 Å². The molecule has 8 nitrogen and oxygen atoms in total. The molecule has 0 aliphatic heterocycles. The Morgan fingerprint density at radius 2 is 1.42 bits per heavy atom. The number of aliphatic carboxylic acids is 2. The molecule has 1 unspecified atom stereocenters. The van der Waals surface area contributed by atoms with E-state index in [4.69, 9.17) is 14.9 Å². The van der Waals surface area contributed by atoms with Crippen LogP contribution in [0.2, 0.25) is 0 Å². The number of benzene rings is 2. The number of carboxylic acids is 2. The highest BCUT2D eigenvalue weighted by Gasteiger charge is 2.23. The molecule has 0 amide bonds. The van der Waals surface area contributed by atoms with Gasteiger partial charge in [-0.1, -0.05) is 50.2 Å². The largest absolute Gasteiger partial charge is 0.478 e. The Morgan fingerprint density at radius 3 is 1.87 bits per heavy atom. The fourth-order valence-electron chi connectivity index (χ4n) is 4.01. The van der Waals surface area contributed by atoms with Crippen molar-refractivity contribution >= 4 is 17.9 Å². The highest BCUT2D eigenvalue weighted by atomic mass is 16.5. The molecule has 0 fully saturated rings. The number of nitrogens with zero attached hydrogens (tertiary/aromatic N) is 1. The number of ether oxygens (including phenoxy) is 1. The normalized spacial score (nSPS) is 12.1. The molecule has 2 aromatic rings. The molecule has 0 saturated heterocycles. The SMILES string of the molecule is CC(C)C(=O)Oc1ccc(CO)cc1C(CCN(C(C)C)C(C)C)c1ccccc1.O=C(O)/C=C\C(=O)O. The Bertz CT molecular complexity index is 1040. The molecule has 0 aliphatic rings. The third kappa shape index (κ3) is 11.3. The maximum absolute atomic E-state index is 12.3. The van der Waals surface area contributed by atoms with Gasteiger partial charge in [0.15, 0.2) is 0 Å². The molecule has 2 aromatic carbocycles. The molecule has 0 aromatic heterocycles. The van der Waals surface area contributed by atoms with Crippen LogP contribution in [-0.2, 0) is 21.0 Å². The van der Waals surface area contributed by atoms with Gasteiger partial charge in [-0.2, -0.15) is 0 Å². The van der Waals surface area contributed by atoms with Crippen molar-refractivity contribution in [3.8, 4) is 5.75 Å². The third-order valence-electron chi connectivity index (χ3n) is 5.89. The summed E-state index contributed by atoms with van der Waals surface area (Å²) < 4.78 is 5.78. The molecule has 2 rings (SSSR count). The van der Waals surface area contributed by atoms with Crippen LogP contribution in [0.1, 0.15) is 70.6 Å². The number of rotatable bonds is 12. The first-order chi connectivity index (χ1) is 17.9. The van der Waals surface area contributed by atoms with E-state index in [9.17, 15) is 19.5 Å². The van der Waals surface area contributed by atoms with Crippen molar-refractivity contribution in [2.24, 2.45) is 5.92 Å². The summed E-state index contributed by atoms with van der Waals surface area (Å²) in [5, 5.41) is 25.3. The number of aliphatic hydroxyl groups excluding tert-OH is 1. The average Bonchev–Trinajstić information content (AvgIpc) is 2.86. The van der Waals surface area contributed by atoms with Crippen LogP contribution in [0.5, 0.6) is 5.75 Å². The van der Waals surface area contributed by atoms with Gasteiger partial charge < -0.3 is 20.1 Å². The van der Waals surface area contributed by atoms with Crippen molar-refractivity contribution in [3.05, 3.63) is 77.4 Å². The maximum atomic E-state index is 12.3. The number of esters is 1. The lowest BCUT2D eigenvalue weighted by Gasteiger charge is -2.32. The van der Waals surface area contributed by atoms with Crippen molar-refractivity contribution in [1.29, 1.82) is 0 Å². The maximum Gasteiger partial charge on any atom is 0.328 e. The van der Waals surface area contributed by atoms with E-state index in [2.05, 4.69) is 44.7 Å². The minimum absolute atomic E-state index is 0.0446. The van der Waals surface area contributed by atoms with Gasteiger partial charge in [-0.05, 0) is 63.9 Å². The summed E-state index contributed by atoms with van der Waals surface area (Å²) in [6.07, 6.45) is 2.01. The highest BCUT2D eigenvalue weighted by molar-refractivity contribution is 5.89. The monoisotopic (exact) mass is 527 g/mol. The van der Waals surface area contributed by atoms with Gasteiger partial charge in [0.25, 0.3) is 0 Å². The number of hydrogen-bond donors (Lipinski definition) is 3. The van der Waals surface area contributed by atoms with Gasteiger partial charge in [0.2, 0.25) is 0 Å². The number of carbonyl (C=O) groups excluding carboxylic acids is 1. The quantitative estimate of drug-likeness (QED) is 0.198. The summed E-state index contributed by atoms with van der Waals surface area (Å²) in [6, 6.07) is 16.9. The molecule has 38 heavy (non-hydrogen) atoms. The Hall–Kier alpha value is -3.49. The minimum Gasteiger partial charge on any atom is -0.478 e. The third-order valence-corrected chi connectivity index (χ3v) is 5.89. The van der Waals surface area contributed by atoms with Crippen LogP contribution < -0.4 is 4.74 Å². The zero-order valence-electron chi connectivity index (χ0n) is 23.1. The summed E-state index contributed by atoms with van der Waals surface area (Å²) in [7, 11) is 0. The van der Waals surface area contributed by atoms with Crippen LogP contribution >= 0.6 is 0 Å². The molecule has 1 atom stereocenters. The van der Waals surface area contributed by atoms with E-state index in [1.807, 2.05) is 50.2 Å². The zero-order chi connectivity index (χ0) is 28.8.